The van der Waals surface area contributed by atoms with Crippen molar-refractivity contribution in [3.8, 4) is 11.5 Å². The molecule has 204 valence electrons. The third kappa shape index (κ3) is 8.18. The molecule has 3 N–H and O–H groups in total. The molecule has 0 aliphatic carbocycles. The fourth-order valence-corrected chi connectivity index (χ4v) is 4.91. The fourth-order valence-electron chi connectivity index (χ4n) is 4.91. The first kappa shape index (κ1) is 28.9. The molecule has 1 fully saturated rings. The number of carbonyl (C=O) groups excluding carboxylic acids is 3. The average molecular weight is 522 g/mol. The van der Waals surface area contributed by atoms with Gasteiger partial charge in [-0.25, -0.2) is 5.48 Å². The monoisotopic (exact) mass is 521 g/mol. The van der Waals surface area contributed by atoms with Crippen LogP contribution in [-0.2, 0) is 20.9 Å². The van der Waals surface area contributed by atoms with Crippen LogP contribution in [0.25, 0.3) is 0 Å². The molecule has 0 saturated carbocycles. The van der Waals surface area contributed by atoms with Gasteiger partial charge in [0.05, 0.1) is 11.8 Å². The predicted octanol–water partition coefficient (Wildman–Crippen LogP) is 4.84. The third-order valence-electron chi connectivity index (χ3n) is 6.76. The number of hydrogen-bond donors (Lipinski definition) is 3. The van der Waals surface area contributed by atoms with Gasteiger partial charge in [0.2, 0.25) is 17.7 Å². The molecule has 2 aromatic rings. The molecule has 1 aliphatic rings. The summed E-state index contributed by atoms with van der Waals surface area (Å²) < 4.78 is 5.94. The van der Waals surface area contributed by atoms with Crippen molar-refractivity contribution in [1.82, 2.24) is 15.7 Å². The van der Waals surface area contributed by atoms with Crippen molar-refractivity contribution in [3.05, 3.63) is 72.8 Å². The highest BCUT2D eigenvalue weighted by molar-refractivity contribution is 5.91. The summed E-state index contributed by atoms with van der Waals surface area (Å²) in [6, 6.07) is 16.5. The summed E-state index contributed by atoms with van der Waals surface area (Å²) in [5.41, 5.74) is 2.62. The van der Waals surface area contributed by atoms with Gasteiger partial charge in [0, 0.05) is 13.1 Å². The summed E-state index contributed by atoms with van der Waals surface area (Å²) in [4.78, 5) is 41.1. The van der Waals surface area contributed by atoms with Crippen LogP contribution in [0.2, 0.25) is 0 Å². The number of ether oxygens (including phenoxy) is 1. The van der Waals surface area contributed by atoms with Crippen molar-refractivity contribution in [2.75, 3.05) is 6.54 Å². The lowest BCUT2D eigenvalue weighted by Gasteiger charge is -2.29. The summed E-state index contributed by atoms with van der Waals surface area (Å²) in [5.74, 6) is -1.03. The van der Waals surface area contributed by atoms with Crippen LogP contribution >= 0.6 is 0 Å². The number of para-hydroxylation sites is 1. The van der Waals surface area contributed by atoms with Crippen molar-refractivity contribution in [3.63, 3.8) is 0 Å². The first-order valence-corrected chi connectivity index (χ1v) is 13.3. The normalized spacial score (nSPS) is 17.3. The van der Waals surface area contributed by atoms with Gasteiger partial charge in [0.15, 0.2) is 0 Å². The number of nitrogens with zero attached hydrogens (tertiary/aromatic N) is 1. The second-order valence-electron chi connectivity index (χ2n) is 10.2. The molecule has 1 aliphatic heterocycles. The van der Waals surface area contributed by atoms with Gasteiger partial charge in [0.25, 0.3) is 0 Å². The van der Waals surface area contributed by atoms with Gasteiger partial charge in [-0.15, -0.1) is 6.58 Å². The summed E-state index contributed by atoms with van der Waals surface area (Å²) in [6.45, 7) is 8.63. The maximum Gasteiger partial charge on any atom is 0.247 e. The van der Waals surface area contributed by atoms with Crippen LogP contribution in [0, 0.1) is 17.8 Å². The van der Waals surface area contributed by atoms with Gasteiger partial charge in [0.1, 0.15) is 17.5 Å². The first-order valence-electron chi connectivity index (χ1n) is 13.3. The summed E-state index contributed by atoms with van der Waals surface area (Å²) in [7, 11) is 0. The minimum Gasteiger partial charge on any atom is -0.457 e. The lowest BCUT2D eigenvalue weighted by atomic mass is 9.82. The minimum atomic E-state index is -0.774. The second-order valence-corrected chi connectivity index (χ2v) is 10.2. The molecule has 3 atom stereocenters. The lowest BCUT2D eigenvalue weighted by molar-refractivity contribution is -0.142. The Kier molecular flexibility index (Phi) is 10.9. The molecule has 0 radical (unpaired) electrons. The molecule has 2 aromatic carbocycles. The van der Waals surface area contributed by atoms with Gasteiger partial charge in [-0.3, -0.25) is 19.6 Å². The van der Waals surface area contributed by atoms with E-state index in [4.69, 9.17) is 4.74 Å². The lowest BCUT2D eigenvalue weighted by Crippen LogP contribution is -2.51. The zero-order valence-corrected chi connectivity index (χ0v) is 22.3. The Bertz CT molecular complexity index is 1090. The molecule has 2 unspecified atom stereocenters. The Labute approximate surface area is 225 Å². The Balaban J connectivity index is 1.72. The Hall–Kier alpha value is -3.65. The zero-order chi connectivity index (χ0) is 27.5. The highest BCUT2D eigenvalue weighted by Gasteiger charge is 2.36. The maximum atomic E-state index is 13.5. The number of nitrogens with one attached hydrogen (secondary N) is 2. The van der Waals surface area contributed by atoms with E-state index in [2.05, 4.69) is 11.9 Å². The van der Waals surface area contributed by atoms with Crippen molar-refractivity contribution in [2.24, 2.45) is 17.8 Å². The number of hydrogen-bond acceptors (Lipinski definition) is 5. The van der Waals surface area contributed by atoms with E-state index in [1.807, 2.05) is 68.4 Å². The van der Waals surface area contributed by atoms with E-state index in [1.165, 1.54) is 0 Å². The third-order valence-corrected chi connectivity index (χ3v) is 6.76. The molecule has 3 rings (SSSR count). The number of benzene rings is 2. The van der Waals surface area contributed by atoms with Crippen molar-refractivity contribution >= 4 is 17.7 Å². The maximum absolute atomic E-state index is 13.5. The van der Waals surface area contributed by atoms with Crippen LogP contribution in [0.5, 0.6) is 11.5 Å². The van der Waals surface area contributed by atoms with Crippen LogP contribution in [0.1, 0.15) is 51.5 Å². The number of amides is 3. The molecular formula is C30H39N3O5. The number of hydroxylamine groups is 1. The van der Waals surface area contributed by atoms with Crippen LogP contribution in [0.4, 0.5) is 0 Å². The number of rotatable bonds is 12. The van der Waals surface area contributed by atoms with Crippen LogP contribution in [0.3, 0.4) is 0 Å². The second kappa shape index (κ2) is 14.3. The SMILES string of the molecule is C=CC[C@H](C(=O)NO)C(CC(C)C)C(=O)NC1CCCCN(Cc2cccc(Oc3ccccc3)c2)C1=O. The average Bonchev–Trinajstić information content (AvgIpc) is 3.07. The fraction of sp³-hybridized carbons (Fsp3) is 0.433. The Morgan fingerprint density at radius 3 is 2.50 bits per heavy atom. The van der Waals surface area contributed by atoms with Crippen molar-refractivity contribution in [2.45, 2.75) is 58.5 Å². The summed E-state index contributed by atoms with van der Waals surface area (Å²) in [5, 5.41) is 12.2. The van der Waals surface area contributed by atoms with Crippen LogP contribution in [0.15, 0.2) is 67.3 Å². The first-order chi connectivity index (χ1) is 18.3. The van der Waals surface area contributed by atoms with Crippen molar-refractivity contribution in [1.29, 1.82) is 0 Å². The smallest absolute Gasteiger partial charge is 0.247 e. The van der Waals surface area contributed by atoms with E-state index in [0.717, 1.165) is 24.2 Å². The van der Waals surface area contributed by atoms with E-state index in [0.29, 0.717) is 31.7 Å². The van der Waals surface area contributed by atoms with E-state index >= 15 is 0 Å². The topological polar surface area (TPSA) is 108 Å². The molecule has 0 aromatic heterocycles. The number of allylic oxidation sites excluding steroid dienone is 1. The minimum absolute atomic E-state index is 0.135. The Morgan fingerprint density at radius 1 is 1.08 bits per heavy atom. The molecular weight excluding hydrogens is 482 g/mol. The van der Waals surface area contributed by atoms with Gasteiger partial charge in [-0.2, -0.15) is 0 Å². The molecule has 0 spiro atoms. The standard InChI is InChI=1S/C30H39N3O5/c1-4-11-25(29(35)32-37)26(18-21(2)3)28(34)31-27-16-8-9-17-33(30(27)36)20-22-12-10-15-24(19-22)38-23-13-6-5-7-14-23/h4-7,10,12-15,19,21,25-27,37H,1,8-9,11,16-18,20H2,2-3H3,(H,31,34)(H,32,35)/t25-,26?,27?/m0/s1. The van der Waals surface area contributed by atoms with E-state index in [-0.39, 0.29) is 24.2 Å². The van der Waals surface area contributed by atoms with Gasteiger partial charge < -0.3 is 15.0 Å². The summed E-state index contributed by atoms with van der Waals surface area (Å²) in [6.07, 6.45) is 4.41. The summed E-state index contributed by atoms with van der Waals surface area (Å²) >= 11 is 0. The molecule has 8 heteroatoms. The van der Waals surface area contributed by atoms with Gasteiger partial charge in [-0.05, 0) is 67.9 Å². The molecule has 1 saturated heterocycles. The van der Waals surface area contributed by atoms with Crippen molar-refractivity contribution < 1.29 is 24.3 Å². The number of carbonyl (C=O) groups is 3. The van der Waals surface area contributed by atoms with E-state index in [9.17, 15) is 19.6 Å². The van der Waals surface area contributed by atoms with Crippen LogP contribution < -0.4 is 15.5 Å². The predicted molar refractivity (Wildman–Crippen MR) is 145 cm³/mol. The molecule has 8 nitrogen and oxygen atoms in total. The molecule has 0 bridgehead atoms. The highest BCUT2D eigenvalue weighted by Crippen LogP contribution is 2.27. The molecule has 1 heterocycles. The number of likely N-dealkylation sites (tertiary alicyclic amines) is 1. The Morgan fingerprint density at radius 2 is 1.82 bits per heavy atom. The van der Waals surface area contributed by atoms with Gasteiger partial charge >= 0.3 is 0 Å². The molecule has 3 amide bonds. The largest absolute Gasteiger partial charge is 0.457 e. The van der Waals surface area contributed by atoms with E-state index in [1.54, 1.807) is 16.5 Å². The van der Waals surface area contributed by atoms with E-state index < -0.39 is 23.8 Å². The van der Waals surface area contributed by atoms with Crippen LogP contribution in [-0.4, -0.2) is 40.4 Å². The quantitative estimate of drug-likeness (QED) is 0.211. The molecule has 38 heavy (non-hydrogen) atoms. The highest BCUT2D eigenvalue weighted by atomic mass is 16.5. The van der Waals surface area contributed by atoms with Gasteiger partial charge in [-0.1, -0.05) is 50.3 Å². The zero-order valence-electron chi connectivity index (χ0n) is 22.3.